The molecule has 4 rings (SSSR count). The fourth-order valence-electron chi connectivity index (χ4n) is 4.67. The van der Waals surface area contributed by atoms with E-state index in [4.69, 9.17) is 33.0 Å². The number of methoxy groups -OCH3 is 1. The number of aliphatic carboxylic acids is 1. The van der Waals surface area contributed by atoms with Crippen LogP contribution in [0.1, 0.15) is 48.9 Å². The van der Waals surface area contributed by atoms with Crippen LogP contribution in [-0.4, -0.2) is 53.3 Å². The van der Waals surface area contributed by atoms with Crippen LogP contribution in [0.3, 0.4) is 0 Å². The summed E-state index contributed by atoms with van der Waals surface area (Å²) in [6.45, 7) is 1.08. The number of carbonyl (C=O) groups excluding carboxylic acids is 1. The zero-order valence-electron chi connectivity index (χ0n) is 19.9. The first-order valence-corrected chi connectivity index (χ1v) is 12.5. The molecule has 4 atom stereocenters. The van der Waals surface area contributed by atoms with E-state index in [1.807, 2.05) is 24.3 Å². The van der Waals surface area contributed by atoms with Gasteiger partial charge >= 0.3 is 18.0 Å². The molecule has 0 aromatic heterocycles. The molecule has 0 spiro atoms. The zero-order valence-corrected chi connectivity index (χ0v) is 21.4. The Hall–Kier alpha value is -2.81. The third kappa shape index (κ3) is 7.35. The highest BCUT2D eigenvalue weighted by atomic mass is 35.5. The van der Waals surface area contributed by atoms with E-state index >= 15 is 0 Å². The number of piperidine rings is 2. The van der Waals surface area contributed by atoms with Crippen LogP contribution in [0.25, 0.3) is 0 Å². The van der Waals surface area contributed by atoms with E-state index in [2.05, 4.69) is 5.32 Å². The molecule has 0 saturated carbocycles. The number of nitrogens with one attached hydrogen (secondary N) is 1. The first-order chi connectivity index (χ1) is 17.2. The molecule has 10 heteroatoms. The van der Waals surface area contributed by atoms with Gasteiger partial charge in [0.2, 0.25) is 0 Å². The number of halogens is 2. The van der Waals surface area contributed by atoms with E-state index in [0.29, 0.717) is 17.9 Å². The monoisotopic (exact) mass is 536 g/mol. The molecule has 2 aromatic rings. The number of carboxylic acid groups (broad SMARTS) is 2. The van der Waals surface area contributed by atoms with Crippen LogP contribution in [-0.2, 0) is 14.3 Å². The SMILES string of the molecule is COC(=O)C1CCNC(c2ccc(Cl)cc2)C1.O=C(O)C1CCN(C(=O)O)C(c2ccc(Cl)cc2)C1. The van der Waals surface area contributed by atoms with E-state index in [1.165, 1.54) is 17.6 Å². The lowest BCUT2D eigenvalue weighted by Gasteiger charge is -2.36. The molecule has 4 unspecified atom stereocenters. The molecule has 2 aromatic carbocycles. The van der Waals surface area contributed by atoms with Gasteiger partial charge in [-0.05, 0) is 67.6 Å². The van der Waals surface area contributed by atoms with E-state index in [1.54, 1.807) is 24.3 Å². The minimum Gasteiger partial charge on any atom is -0.481 e. The molecule has 36 heavy (non-hydrogen) atoms. The van der Waals surface area contributed by atoms with Crippen molar-refractivity contribution in [2.24, 2.45) is 11.8 Å². The van der Waals surface area contributed by atoms with Crippen molar-refractivity contribution in [3.63, 3.8) is 0 Å². The summed E-state index contributed by atoms with van der Waals surface area (Å²) in [6, 6.07) is 14.4. The molecular formula is C26H30Cl2N2O6. The number of carbonyl (C=O) groups is 3. The Morgan fingerprint density at radius 1 is 0.889 bits per heavy atom. The van der Waals surface area contributed by atoms with Crippen molar-refractivity contribution in [3.8, 4) is 0 Å². The summed E-state index contributed by atoms with van der Waals surface area (Å²) >= 11 is 11.7. The van der Waals surface area contributed by atoms with Crippen LogP contribution in [0.4, 0.5) is 4.79 Å². The Bertz CT molecular complexity index is 1050. The maximum Gasteiger partial charge on any atom is 0.407 e. The topological polar surface area (TPSA) is 116 Å². The standard InChI is InChI=1S/C13H14ClNO4.C13H16ClNO2/c14-10-3-1-8(2-4-10)11-7-9(12(16)17)5-6-15(11)13(18)19;1-17-13(16)10-6-7-15-12(8-10)9-2-4-11(14)5-3-9/h1-4,9,11H,5-7H2,(H,16,17)(H,18,19);2-5,10,12,15H,6-8H2,1H3. The van der Waals surface area contributed by atoms with Crippen molar-refractivity contribution < 1.29 is 29.3 Å². The molecule has 0 radical (unpaired) electrons. The molecule has 0 aliphatic carbocycles. The van der Waals surface area contributed by atoms with Gasteiger partial charge in [-0.15, -0.1) is 0 Å². The molecule has 3 N–H and O–H groups in total. The number of hydrogen-bond acceptors (Lipinski definition) is 5. The van der Waals surface area contributed by atoms with Crippen LogP contribution >= 0.6 is 23.2 Å². The van der Waals surface area contributed by atoms with Crippen molar-refractivity contribution in [2.45, 2.75) is 37.8 Å². The van der Waals surface area contributed by atoms with Crippen LogP contribution < -0.4 is 5.32 Å². The van der Waals surface area contributed by atoms with Crippen LogP contribution in [0.5, 0.6) is 0 Å². The van der Waals surface area contributed by atoms with Crippen molar-refractivity contribution in [2.75, 3.05) is 20.2 Å². The molecule has 1 amide bonds. The second-order valence-corrected chi connectivity index (χ2v) is 9.78. The first-order valence-electron chi connectivity index (χ1n) is 11.7. The van der Waals surface area contributed by atoms with Gasteiger partial charge in [0.25, 0.3) is 0 Å². The second-order valence-electron chi connectivity index (χ2n) is 8.91. The van der Waals surface area contributed by atoms with Gasteiger partial charge < -0.3 is 25.2 Å². The van der Waals surface area contributed by atoms with Gasteiger partial charge in [-0.1, -0.05) is 47.5 Å². The number of ether oxygens (including phenoxy) is 1. The molecule has 2 aliphatic rings. The summed E-state index contributed by atoms with van der Waals surface area (Å²) in [5, 5.41) is 23.0. The Morgan fingerprint density at radius 3 is 2.00 bits per heavy atom. The fraction of sp³-hybridized carbons (Fsp3) is 0.423. The van der Waals surface area contributed by atoms with E-state index in [9.17, 15) is 19.5 Å². The average molecular weight is 537 g/mol. The lowest BCUT2D eigenvalue weighted by atomic mass is 9.87. The largest absolute Gasteiger partial charge is 0.481 e. The molecule has 194 valence electrons. The minimum atomic E-state index is -1.02. The maximum absolute atomic E-state index is 11.5. The Balaban J connectivity index is 0.000000202. The summed E-state index contributed by atoms with van der Waals surface area (Å²) in [5.41, 5.74) is 1.95. The van der Waals surface area contributed by atoms with Gasteiger partial charge in [-0.3, -0.25) is 9.59 Å². The molecule has 2 aliphatic heterocycles. The number of likely N-dealkylation sites (tertiary alicyclic amines) is 1. The quantitative estimate of drug-likeness (QED) is 0.447. The third-order valence-corrected chi connectivity index (χ3v) is 7.17. The average Bonchev–Trinajstić information content (AvgIpc) is 2.89. The van der Waals surface area contributed by atoms with E-state index < -0.39 is 24.0 Å². The fourth-order valence-corrected chi connectivity index (χ4v) is 4.92. The van der Waals surface area contributed by atoms with Gasteiger partial charge in [-0.25, -0.2) is 4.79 Å². The molecule has 2 heterocycles. The van der Waals surface area contributed by atoms with E-state index in [0.717, 1.165) is 30.0 Å². The normalized spacial score (nSPS) is 23.7. The van der Waals surface area contributed by atoms with Gasteiger partial charge in [0, 0.05) is 22.6 Å². The zero-order chi connectivity index (χ0) is 26.2. The van der Waals surface area contributed by atoms with Crippen LogP contribution in [0.2, 0.25) is 10.0 Å². The third-order valence-electron chi connectivity index (χ3n) is 6.66. The van der Waals surface area contributed by atoms with Gasteiger partial charge in [0.15, 0.2) is 0 Å². The van der Waals surface area contributed by atoms with Crippen molar-refractivity contribution in [1.82, 2.24) is 10.2 Å². The summed E-state index contributed by atoms with van der Waals surface area (Å²) in [6.07, 6.45) is 1.25. The van der Waals surface area contributed by atoms with Gasteiger partial charge in [-0.2, -0.15) is 0 Å². The number of hydrogen-bond donors (Lipinski definition) is 3. The molecule has 2 fully saturated rings. The van der Waals surface area contributed by atoms with Crippen LogP contribution in [0, 0.1) is 11.8 Å². The van der Waals surface area contributed by atoms with Crippen molar-refractivity contribution in [3.05, 3.63) is 69.7 Å². The molecule has 2 saturated heterocycles. The lowest BCUT2D eigenvalue weighted by molar-refractivity contribution is -0.147. The first kappa shape index (κ1) is 27.8. The van der Waals surface area contributed by atoms with Crippen molar-refractivity contribution in [1.29, 1.82) is 0 Å². The summed E-state index contributed by atoms with van der Waals surface area (Å²) in [4.78, 5) is 35.1. The number of rotatable bonds is 4. The highest BCUT2D eigenvalue weighted by molar-refractivity contribution is 6.30. The number of carboxylic acids is 1. The summed E-state index contributed by atoms with van der Waals surface area (Å²) in [7, 11) is 1.45. The molecule has 0 bridgehead atoms. The molecular weight excluding hydrogens is 507 g/mol. The number of esters is 1. The highest BCUT2D eigenvalue weighted by Crippen LogP contribution is 2.35. The highest BCUT2D eigenvalue weighted by Gasteiger charge is 2.35. The smallest absolute Gasteiger partial charge is 0.407 e. The van der Waals surface area contributed by atoms with E-state index in [-0.39, 0.29) is 24.5 Å². The summed E-state index contributed by atoms with van der Waals surface area (Å²) < 4.78 is 4.81. The predicted molar refractivity (Wildman–Crippen MR) is 136 cm³/mol. The molecule has 8 nitrogen and oxygen atoms in total. The van der Waals surface area contributed by atoms with Crippen molar-refractivity contribution >= 4 is 41.2 Å². The van der Waals surface area contributed by atoms with Gasteiger partial charge in [0.1, 0.15) is 0 Å². The minimum absolute atomic E-state index is 0.00179. The Labute approximate surface area is 220 Å². The van der Waals surface area contributed by atoms with Crippen LogP contribution in [0.15, 0.2) is 48.5 Å². The van der Waals surface area contributed by atoms with Gasteiger partial charge in [0.05, 0.1) is 25.0 Å². The lowest BCUT2D eigenvalue weighted by Crippen LogP contribution is -2.41. The predicted octanol–water partition coefficient (Wildman–Crippen LogP) is 5.41. The number of nitrogens with zero attached hydrogens (tertiary/aromatic N) is 1. The number of benzene rings is 2. The second kappa shape index (κ2) is 12.9. The summed E-state index contributed by atoms with van der Waals surface area (Å²) in [5.74, 6) is -1.48. The maximum atomic E-state index is 11.5. The number of amides is 1. The Kier molecular flexibility index (Phi) is 9.98. The Morgan fingerprint density at radius 2 is 1.47 bits per heavy atom.